The predicted molar refractivity (Wildman–Crippen MR) is 46.1 cm³/mol. The van der Waals surface area contributed by atoms with Gasteiger partial charge in [0.05, 0.1) is 6.54 Å². The Hall–Kier alpha value is -1.26. The summed E-state index contributed by atoms with van der Waals surface area (Å²) in [5.41, 5.74) is 1.02. The van der Waals surface area contributed by atoms with E-state index in [-0.39, 0.29) is 0 Å². The highest BCUT2D eigenvalue weighted by atomic mass is 14.8. The fraction of sp³-hybridized carbons (Fsp3) is 0.200. The zero-order valence-corrected chi connectivity index (χ0v) is 6.52. The van der Waals surface area contributed by atoms with E-state index in [0.717, 1.165) is 12.1 Å². The van der Waals surface area contributed by atoms with Gasteiger partial charge in [0, 0.05) is 5.56 Å². The smallest absolute Gasteiger partial charge is 0.0577 e. The van der Waals surface area contributed by atoms with Crippen LogP contribution in [0.1, 0.15) is 5.56 Å². The van der Waals surface area contributed by atoms with Crippen LogP contribution in [-0.4, -0.2) is 13.6 Å². The third-order valence-electron chi connectivity index (χ3n) is 1.20. The maximum Gasteiger partial charge on any atom is 0.0577 e. The van der Waals surface area contributed by atoms with E-state index in [9.17, 15) is 0 Å². The van der Waals surface area contributed by atoms with E-state index < -0.39 is 0 Å². The molecule has 1 N–H and O–H groups in total. The van der Waals surface area contributed by atoms with Gasteiger partial charge in [0.15, 0.2) is 0 Å². The summed E-state index contributed by atoms with van der Waals surface area (Å²) in [6.45, 7) is 0.731. The highest BCUT2D eigenvalue weighted by molar-refractivity contribution is 5.33. The average molecular weight is 144 g/mol. The summed E-state index contributed by atoms with van der Waals surface area (Å²) in [5.74, 6) is 5.97. The van der Waals surface area contributed by atoms with Crippen LogP contribution >= 0.6 is 0 Å². The van der Waals surface area contributed by atoms with Gasteiger partial charge in [-0.3, -0.25) is 0 Å². The molecule has 11 heavy (non-hydrogen) atoms. The molecule has 0 atom stereocenters. The first kappa shape index (κ1) is 7.84. The van der Waals surface area contributed by atoms with Gasteiger partial charge >= 0.3 is 0 Å². The van der Waals surface area contributed by atoms with E-state index >= 15 is 0 Å². The van der Waals surface area contributed by atoms with Crippen molar-refractivity contribution in [1.29, 1.82) is 0 Å². The van der Waals surface area contributed by atoms with Gasteiger partial charge in [-0.15, -0.1) is 0 Å². The van der Waals surface area contributed by atoms with Crippen molar-refractivity contribution >= 4 is 0 Å². The minimum absolute atomic E-state index is 0.731. The highest BCUT2D eigenvalue weighted by Crippen LogP contribution is 1.93. The topological polar surface area (TPSA) is 12.0 Å². The summed E-state index contributed by atoms with van der Waals surface area (Å²) in [6.07, 6.45) is 0. The molecule has 55 valence electrons. The Kier molecular flexibility index (Phi) is 3.24. The Morgan fingerprint density at radius 1 is 1.64 bits per heavy atom. The van der Waals surface area contributed by atoms with Crippen molar-refractivity contribution in [1.82, 2.24) is 5.32 Å². The van der Waals surface area contributed by atoms with Crippen molar-refractivity contribution < 1.29 is 0 Å². The largest absolute Gasteiger partial charge is 0.309 e. The molecule has 0 aromatic heterocycles. The van der Waals surface area contributed by atoms with Crippen molar-refractivity contribution in [3.63, 3.8) is 0 Å². The summed E-state index contributed by atoms with van der Waals surface area (Å²) in [5, 5.41) is 2.95. The lowest BCUT2D eigenvalue weighted by molar-refractivity contribution is 0.938. The van der Waals surface area contributed by atoms with E-state index in [1.165, 1.54) is 0 Å². The Labute approximate surface area is 67.4 Å². The Bertz CT molecular complexity index is 253. The number of nitrogens with one attached hydrogen (secondary N) is 1. The monoisotopic (exact) mass is 144 g/mol. The maximum absolute atomic E-state index is 3.00. The third kappa shape index (κ3) is 2.88. The van der Waals surface area contributed by atoms with Crippen LogP contribution < -0.4 is 5.32 Å². The van der Waals surface area contributed by atoms with Crippen LogP contribution in [0.3, 0.4) is 0 Å². The van der Waals surface area contributed by atoms with Gasteiger partial charge in [-0.05, 0) is 25.2 Å². The first-order chi connectivity index (χ1) is 5.43. The molecule has 0 aliphatic carbocycles. The van der Waals surface area contributed by atoms with Gasteiger partial charge in [-0.25, -0.2) is 0 Å². The van der Waals surface area contributed by atoms with Gasteiger partial charge in [0.2, 0.25) is 0 Å². The molecule has 0 aliphatic heterocycles. The number of benzene rings is 1. The van der Waals surface area contributed by atoms with Gasteiger partial charge in [-0.2, -0.15) is 0 Å². The molecular weight excluding hydrogens is 134 g/mol. The predicted octanol–water partition coefficient (Wildman–Crippen LogP) is 1.06. The second-order valence-corrected chi connectivity index (χ2v) is 2.12. The lowest BCUT2D eigenvalue weighted by Crippen LogP contribution is -2.04. The molecule has 1 aromatic rings. The second kappa shape index (κ2) is 4.54. The Morgan fingerprint density at radius 2 is 2.55 bits per heavy atom. The SMILES string of the molecule is CNCC#Cc1c[c]ccc1. The molecular formula is C10H10N. The van der Waals surface area contributed by atoms with Crippen LogP contribution in [0.15, 0.2) is 24.3 Å². The molecule has 0 aliphatic rings. The first-order valence-electron chi connectivity index (χ1n) is 3.53. The molecule has 0 bridgehead atoms. The van der Waals surface area contributed by atoms with E-state index in [4.69, 9.17) is 0 Å². The van der Waals surface area contributed by atoms with Crippen LogP contribution in [0.4, 0.5) is 0 Å². The molecule has 0 saturated heterocycles. The molecule has 1 nitrogen and oxygen atoms in total. The van der Waals surface area contributed by atoms with E-state index in [1.54, 1.807) is 0 Å². The summed E-state index contributed by atoms with van der Waals surface area (Å²) in [4.78, 5) is 0. The number of hydrogen-bond donors (Lipinski definition) is 1. The van der Waals surface area contributed by atoms with Gasteiger partial charge in [-0.1, -0.05) is 24.0 Å². The van der Waals surface area contributed by atoms with Crippen molar-refractivity contribution in [2.45, 2.75) is 0 Å². The summed E-state index contributed by atoms with van der Waals surface area (Å²) < 4.78 is 0. The van der Waals surface area contributed by atoms with Gasteiger partial charge < -0.3 is 5.32 Å². The Morgan fingerprint density at radius 3 is 3.18 bits per heavy atom. The number of hydrogen-bond acceptors (Lipinski definition) is 1. The summed E-state index contributed by atoms with van der Waals surface area (Å²) >= 11 is 0. The molecule has 1 rings (SSSR count). The normalized spacial score (nSPS) is 8.45. The fourth-order valence-corrected chi connectivity index (χ4v) is 0.706. The van der Waals surface area contributed by atoms with Crippen molar-refractivity contribution in [3.05, 3.63) is 35.9 Å². The minimum atomic E-state index is 0.731. The van der Waals surface area contributed by atoms with Crippen LogP contribution in [0.5, 0.6) is 0 Å². The van der Waals surface area contributed by atoms with Crippen LogP contribution in [0, 0.1) is 17.9 Å². The lowest BCUT2D eigenvalue weighted by Gasteiger charge is -1.86. The minimum Gasteiger partial charge on any atom is -0.309 e. The quantitative estimate of drug-likeness (QED) is 0.581. The van der Waals surface area contributed by atoms with Crippen molar-refractivity contribution in [2.75, 3.05) is 13.6 Å². The van der Waals surface area contributed by atoms with Crippen LogP contribution in [0.25, 0.3) is 0 Å². The molecule has 1 aromatic carbocycles. The molecule has 0 unspecified atom stereocenters. The zero-order chi connectivity index (χ0) is 7.94. The number of rotatable bonds is 1. The molecule has 0 fully saturated rings. The summed E-state index contributed by atoms with van der Waals surface area (Å²) in [7, 11) is 1.88. The zero-order valence-electron chi connectivity index (χ0n) is 6.52. The molecule has 1 heteroatoms. The fourth-order valence-electron chi connectivity index (χ4n) is 0.706. The van der Waals surface area contributed by atoms with Crippen LogP contribution in [0.2, 0.25) is 0 Å². The average Bonchev–Trinajstić information content (AvgIpc) is 2.07. The first-order valence-corrected chi connectivity index (χ1v) is 3.53. The third-order valence-corrected chi connectivity index (χ3v) is 1.20. The molecule has 0 saturated carbocycles. The van der Waals surface area contributed by atoms with Crippen molar-refractivity contribution in [2.24, 2.45) is 0 Å². The van der Waals surface area contributed by atoms with Crippen molar-refractivity contribution in [3.8, 4) is 11.8 Å². The van der Waals surface area contributed by atoms with Crippen LogP contribution in [-0.2, 0) is 0 Å². The van der Waals surface area contributed by atoms with Gasteiger partial charge in [0.25, 0.3) is 0 Å². The summed E-state index contributed by atoms with van der Waals surface area (Å²) in [6, 6.07) is 10.6. The standard InChI is InChI=1S/C10H10N/c1-11-9-5-8-10-6-3-2-4-7-10/h2-3,6-7,11H,9H2,1H3. The maximum atomic E-state index is 3.00. The second-order valence-electron chi connectivity index (χ2n) is 2.12. The molecule has 0 heterocycles. The molecule has 0 amide bonds. The highest BCUT2D eigenvalue weighted by Gasteiger charge is 1.79. The molecule has 1 radical (unpaired) electrons. The van der Waals surface area contributed by atoms with Gasteiger partial charge in [0.1, 0.15) is 0 Å². The van der Waals surface area contributed by atoms with E-state index in [2.05, 4.69) is 23.2 Å². The molecule has 0 spiro atoms. The lowest BCUT2D eigenvalue weighted by atomic mass is 10.2. The Balaban J connectivity index is 2.59. The van der Waals surface area contributed by atoms with E-state index in [1.807, 2.05) is 31.3 Å². The van der Waals surface area contributed by atoms with E-state index in [0.29, 0.717) is 0 Å².